The number of ether oxygens (including phenoxy) is 3. The van der Waals surface area contributed by atoms with E-state index in [0.29, 0.717) is 22.2 Å². The summed E-state index contributed by atoms with van der Waals surface area (Å²) in [5, 5.41) is 9.49. The number of hydrogen-bond acceptors (Lipinski definition) is 11. The molecule has 0 bridgehead atoms. The zero-order valence-corrected chi connectivity index (χ0v) is 22.2. The lowest BCUT2D eigenvalue weighted by atomic mass is 10.2. The Morgan fingerprint density at radius 2 is 1.73 bits per heavy atom. The predicted molar refractivity (Wildman–Crippen MR) is 134 cm³/mol. The van der Waals surface area contributed by atoms with E-state index in [1.807, 2.05) is 12.3 Å². The van der Waals surface area contributed by atoms with Gasteiger partial charge >= 0.3 is 0 Å². The first kappa shape index (κ1) is 26.4. The highest BCUT2D eigenvalue weighted by Gasteiger charge is 2.35. The standard InChI is InChI=1S/C22H24FN7O5S2/c1-12-11-36-21(26-12)20-27-28-22(30(20)17-15(33-3)7-6-8-16(17)34-4)29-37(31,32)13(2)18(35-5)19-24-9-14(23)10-25-19/h6-11,13,18H,1-5H3,(H,28,29)/t13-,18-/m1/s1. The van der Waals surface area contributed by atoms with Crippen LogP contribution in [0.4, 0.5) is 10.3 Å². The summed E-state index contributed by atoms with van der Waals surface area (Å²) in [6.07, 6.45) is 0.776. The van der Waals surface area contributed by atoms with Crippen LogP contribution in [0, 0.1) is 12.7 Å². The fraction of sp³-hybridized carbons (Fsp3) is 0.318. The van der Waals surface area contributed by atoms with Crippen LogP contribution in [0.3, 0.4) is 0 Å². The first-order chi connectivity index (χ1) is 17.7. The summed E-state index contributed by atoms with van der Waals surface area (Å²) in [7, 11) is 0.0867. The van der Waals surface area contributed by atoms with Crippen LogP contribution < -0.4 is 14.2 Å². The minimum absolute atomic E-state index is 0.00795. The van der Waals surface area contributed by atoms with Gasteiger partial charge in [-0.05, 0) is 26.0 Å². The van der Waals surface area contributed by atoms with Gasteiger partial charge in [-0.15, -0.1) is 21.5 Å². The molecule has 3 aromatic heterocycles. The molecule has 0 unspecified atom stereocenters. The first-order valence-corrected chi connectivity index (χ1v) is 13.2. The molecule has 196 valence electrons. The van der Waals surface area contributed by atoms with Crippen LogP contribution in [0.25, 0.3) is 16.5 Å². The van der Waals surface area contributed by atoms with Crippen LogP contribution in [0.15, 0.2) is 36.0 Å². The molecule has 3 heterocycles. The fourth-order valence-electron chi connectivity index (χ4n) is 3.57. The lowest BCUT2D eigenvalue weighted by molar-refractivity contribution is 0.0948. The Balaban J connectivity index is 1.82. The monoisotopic (exact) mass is 549 g/mol. The molecule has 0 saturated carbocycles. The molecule has 1 N–H and O–H groups in total. The molecule has 0 aliphatic carbocycles. The molecule has 0 aliphatic rings. The van der Waals surface area contributed by atoms with Gasteiger partial charge in [0.15, 0.2) is 22.5 Å². The Bertz CT molecular complexity index is 1470. The topological polar surface area (TPSA) is 143 Å². The highest BCUT2D eigenvalue weighted by atomic mass is 32.2. The summed E-state index contributed by atoms with van der Waals surface area (Å²) in [5.74, 6) is 0.266. The van der Waals surface area contributed by atoms with Gasteiger partial charge in [0.1, 0.15) is 28.5 Å². The molecule has 1 aromatic carbocycles. The van der Waals surface area contributed by atoms with E-state index in [0.717, 1.165) is 18.1 Å². The van der Waals surface area contributed by atoms with Gasteiger partial charge in [0.2, 0.25) is 16.0 Å². The van der Waals surface area contributed by atoms with E-state index in [4.69, 9.17) is 14.2 Å². The Morgan fingerprint density at radius 3 is 2.27 bits per heavy atom. The third kappa shape index (κ3) is 5.23. The number of nitrogens with zero attached hydrogens (tertiary/aromatic N) is 6. The van der Waals surface area contributed by atoms with Crippen molar-refractivity contribution in [2.24, 2.45) is 0 Å². The molecule has 0 fully saturated rings. The molecule has 4 aromatic rings. The Kier molecular flexibility index (Phi) is 7.65. The van der Waals surface area contributed by atoms with Crippen molar-refractivity contribution in [3.8, 4) is 28.0 Å². The number of nitrogens with one attached hydrogen (secondary N) is 1. The molecule has 37 heavy (non-hydrogen) atoms. The molecule has 0 amide bonds. The van der Waals surface area contributed by atoms with Crippen molar-refractivity contribution in [2.45, 2.75) is 25.2 Å². The van der Waals surface area contributed by atoms with E-state index in [2.05, 4.69) is 29.9 Å². The van der Waals surface area contributed by atoms with Gasteiger partial charge in [-0.3, -0.25) is 9.29 Å². The number of benzene rings is 1. The molecule has 4 rings (SSSR count). The maximum absolute atomic E-state index is 13.5. The van der Waals surface area contributed by atoms with Gasteiger partial charge < -0.3 is 14.2 Å². The van der Waals surface area contributed by atoms with E-state index in [-0.39, 0.29) is 17.6 Å². The number of halogens is 1. The molecule has 0 aliphatic heterocycles. The van der Waals surface area contributed by atoms with Crippen molar-refractivity contribution < 1.29 is 27.0 Å². The van der Waals surface area contributed by atoms with Gasteiger partial charge in [-0.25, -0.2) is 27.8 Å². The number of methoxy groups -OCH3 is 3. The highest BCUT2D eigenvalue weighted by Crippen LogP contribution is 2.38. The number of thiazole rings is 1. The van der Waals surface area contributed by atoms with Gasteiger partial charge in [0, 0.05) is 18.2 Å². The van der Waals surface area contributed by atoms with Crippen LogP contribution in [0.5, 0.6) is 11.5 Å². The SMILES string of the molecule is COc1cccc(OC)c1-n1c(NS(=O)(=O)[C@H](C)[C@@H](OC)c2ncc(F)cn2)nnc1-c1nc(C)cs1. The summed E-state index contributed by atoms with van der Waals surface area (Å²) >= 11 is 1.32. The number of aryl methyl sites for hydroxylation is 1. The molecule has 2 atom stereocenters. The number of aromatic nitrogens is 6. The van der Waals surface area contributed by atoms with E-state index < -0.39 is 27.2 Å². The van der Waals surface area contributed by atoms with Gasteiger partial charge in [0.05, 0.1) is 26.6 Å². The lowest BCUT2D eigenvalue weighted by Gasteiger charge is -2.22. The van der Waals surface area contributed by atoms with Crippen LogP contribution in [0.2, 0.25) is 0 Å². The molecule has 12 nitrogen and oxygen atoms in total. The average Bonchev–Trinajstić information content (AvgIpc) is 3.50. The zero-order valence-electron chi connectivity index (χ0n) is 20.5. The summed E-state index contributed by atoms with van der Waals surface area (Å²) in [5.41, 5.74) is 1.13. The van der Waals surface area contributed by atoms with Crippen molar-refractivity contribution in [3.05, 3.63) is 53.3 Å². The predicted octanol–water partition coefficient (Wildman–Crippen LogP) is 3.16. The minimum Gasteiger partial charge on any atom is -0.494 e. The number of anilines is 1. The molecular weight excluding hydrogens is 525 g/mol. The Morgan fingerprint density at radius 1 is 1.08 bits per heavy atom. The second-order valence-corrected chi connectivity index (χ2v) is 10.7. The van der Waals surface area contributed by atoms with Crippen LogP contribution in [-0.2, 0) is 14.8 Å². The van der Waals surface area contributed by atoms with Gasteiger partial charge in [-0.2, -0.15) is 0 Å². The number of hydrogen-bond donors (Lipinski definition) is 1. The van der Waals surface area contributed by atoms with E-state index in [1.54, 1.807) is 18.2 Å². The van der Waals surface area contributed by atoms with Crippen molar-refractivity contribution in [1.82, 2.24) is 29.7 Å². The van der Waals surface area contributed by atoms with Crippen molar-refractivity contribution in [2.75, 3.05) is 26.1 Å². The number of para-hydroxylation sites is 1. The number of rotatable bonds is 10. The number of sulfonamides is 1. The fourth-order valence-corrected chi connectivity index (χ4v) is 5.47. The van der Waals surface area contributed by atoms with Crippen LogP contribution in [-0.4, -0.2) is 64.7 Å². The largest absolute Gasteiger partial charge is 0.494 e. The molecular formula is C22H24FN7O5S2. The maximum atomic E-state index is 13.5. The smallest absolute Gasteiger partial charge is 0.243 e. The summed E-state index contributed by atoms with van der Waals surface area (Å²) in [4.78, 5) is 12.2. The average molecular weight is 550 g/mol. The minimum atomic E-state index is -4.19. The summed E-state index contributed by atoms with van der Waals surface area (Å²) < 4.78 is 60.7. The van der Waals surface area contributed by atoms with Crippen LogP contribution in [0.1, 0.15) is 24.5 Å². The maximum Gasteiger partial charge on any atom is 0.243 e. The first-order valence-electron chi connectivity index (χ1n) is 10.8. The van der Waals surface area contributed by atoms with E-state index in [1.165, 1.54) is 44.2 Å². The molecule has 0 radical (unpaired) electrons. The van der Waals surface area contributed by atoms with Crippen molar-refractivity contribution in [1.29, 1.82) is 0 Å². The summed E-state index contributed by atoms with van der Waals surface area (Å²) in [6.45, 7) is 3.25. The van der Waals surface area contributed by atoms with Crippen LogP contribution >= 0.6 is 11.3 Å². The lowest BCUT2D eigenvalue weighted by Crippen LogP contribution is -2.33. The highest BCUT2D eigenvalue weighted by molar-refractivity contribution is 7.93. The summed E-state index contributed by atoms with van der Waals surface area (Å²) in [6, 6.07) is 5.13. The molecule has 15 heteroatoms. The normalized spacial score (nSPS) is 13.2. The molecule has 0 saturated heterocycles. The molecule has 0 spiro atoms. The van der Waals surface area contributed by atoms with Crippen molar-refractivity contribution >= 4 is 27.3 Å². The van der Waals surface area contributed by atoms with E-state index >= 15 is 0 Å². The second kappa shape index (κ2) is 10.7. The Labute approximate surface area is 216 Å². The Hall–Kier alpha value is -3.69. The quantitative estimate of drug-likeness (QED) is 0.313. The zero-order chi connectivity index (χ0) is 26.7. The van der Waals surface area contributed by atoms with Gasteiger partial charge in [-0.1, -0.05) is 6.07 Å². The van der Waals surface area contributed by atoms with Crippen molar-refractivity contribution in [3.63, 3.8) is 0 Å². The third-order valence-electron chi connectivity index (χ3n) is 5.40. The third-order valence-corrected chi connectivity index (χ3v) is 8.05. The second-order valence-electron chi connectivity index (χ2n) is 7.76. The van der Waals surface area contributed by atoms with Gasteiger partial charge in [0.25, 0.3) is 0 Å². The van der Waals surface area contributed by atoms with E-state index in [9.17, 15) is 12.8 Å².